The zero-order valence-corrected chi connectivity index (χ0v) is 11.5. The molecule has 2 rings (SSSR count). The predicted octanol–water partition coefficient (Wildman–Crippen LogP) is 3.27. The van der Waals surface area contributed by atoms with Gasteiger partial charge in [-0.1, -0.05) is 18.2 Å². The molecule has 1 aromatic carbocycles. The fraction of sp³-hybridized carbons (Fsp3) is 0.286. The van der Waals surface area contributed by atoms with E-state index >= 15 is 0 Å². The van der Waals surface area contributed by atoms with Gasteiger partial charge in [0.05, 0.1) is 17.6 Å². The smallest absolute Gasteiger partial charge is 0.333 e. The van der Waals surface area contributed by atoms with Gasteiger partial charge in [-0.05, 0) is 31.5 Å². The number of aromatic amines is 1. The highest BCUT2D eigenvalue weighted by Crippen LogP contribution is 2.17. The number of esters is 1. The summed E-state index contributed by atoms with van der Waals surface area (Å²) in [7, 11) is 0. The van der Waals surface area contributed by atoms with E-state index < -0.39 is 0 Å². The Morgan fingerprint density at radius 1 is 1.53 bits per heavy atom. The van der Waals surface area contributed by atoms with Gasteiger partial charge in [0.2, 0.25) is 0 Å². The summed E-state index contributed by atoms with van der Waals surface area (Å²) in [5.41, 5.74) is 2.22. The molecular weight excluding hydrogens is 264 g/mol. The second kappa shape index (κ2) is 5.89. The summed E-state index contributed by atoms with van der Waals surface area (Å²) in [4.78, 5) is 18.8. The zero-order valence-electron chi connectivity index (χ0n) is 10.7. The van der Waals surface area contributed by atoms with Crippen molar-refractivity contribution in [3.05, 3.63) is 41.2 Å². The Bertz CT molecular complexity index is 619. The molecule has 5 heteroatoms. The van der Waals surface area contributed by atoms with E-state index in [0.717, 1.165) is 23.3 Å². The van der Waals surface area contributed by atoms with Crippen LogP contribution in [0.25, 0.3) is 11.0 Å². The molecule has 0 spiro atoms. The number of imidazole rings is 1. The largest absolute Gasteiger partial charge is 0.462 e. The van der Waals surface area contributed by atoms with Crippen LogP contribution in [-0.2, 0) is 16.0 Å². The van der Waals surface area contributed by atoms with Crippen molar-refractivity contribution in [3.8, 4) is 0 Å². The number of rotatable bonds is 5. The van der Waals surface area contributed by atoms with Gasteiger partial charge in [0, 0.05) is 17.0 Å². The van der Waals surface area contributed by atoms with Crippen LogP contribution in [0.15, 0.2) is 30.4 Å². The molecule has 0 atom stereocenters. The summed E-state index contributed by atoms with van der Waals surface area (Å²) in [5, 5.41) is 0.679. The summed E-state index contributed by atoms with van der Waals surface area (Å²) >= 11 is 5.91. The van der Waals surface area contributed by atoms with Gasteiger partial charge in [-0.25, -0.2) is 9.78 Å². The quantitative estimate of drug-likeness (QED) is 0.519. The Balaban J connectivity index is 1.88. The van der Waals surface area contributed by atoms with Crippen LogP contribution in [0.2, 0.25) is 5.02 Å². The fourth-order valence-electron chi connectivity index (χ4n) is 1.68. The lowest BCUT2D eigenvalue weighted by Gasteiger charge is -2.02. The second-order valence-corrected chi connectivity index (χ2v) is 4.80. The van der Waals surface area contributed by atoms with E-state index in [2.05, 4.69) is 16.5 Å². The van der Waals surface area contributed by atoms with Gasteiger partial charge in [-0.3, -0.25) is 0 Å². The van der Waals surface area contributed by atoms with Crippen molar-refractivity contribution >= 4 is 28.6 Å². The van der Waals surface area contributed by atoms with Gasteiger partial charge in [-0.15, -0.1) is 0 Å². The first-order valence-corrected chi connectivity index (χ1v) is 6.41. The SMILES string of the molecule is C=C(C)C(=O)OCCCc1nc2ccc(Cl)cc2[nH]1. The molecule has 1 aromatic heterocycles. The maximum atomic E-state index is 11.2. The second-order valence-electron chi connectivity index (χ2n) is 4.36. The third kappa shape index (κ3) is 3.58. The number of benzene rings is 1. The molecule has 1 heterocycles. The lowest BCUT2D eigenvalue weighted by atomic mass is 10.3. The lowest BCUT2D eigenvalue weighted by molar-refractivity contribution is -0.139. The Morgan fingerprint density at radius 3 is 3.05 bits per heavy atom. The summed E-state index contributed by atoms with van der Waals surface area (Å²) < 4.78 is 5.02. The number of fused-ring (bicyclic) bond motifs is 1. The van der Waals surface area contributed by atoms with Gasteiger partial charge >= 0.3 is 5.97 Å². The number of aromatic nitrogens is 2. The van der Waals surface area contributed by atoms with Crippen LogP contribution in [0.5, 0.6) is 0 Å². The molecule has 1 N–H and O–H groups in total. The van der Waals surface area contributed by atoms with Crippen LogP contribution in [-0.4, -0.2) is 22.5 Å². The summed E-state index contributed by atoms with van der Waals surface area (Å²) in [6, 6.07) is 5.52. The van der Waals surface area contributed by atoms with Crippen molar-refractivity contribution in [1.29, 1.82) is 0 Å². The fourth-order valence-corrected chi connectivity index (χ4v) is 1.85. The molecule has 0 aliphatic carbocycles. The number of H-pyrrole nitrogens is 1. The van der Waals surface area contributed by atoms with Crippen molar-refractivity contribution in [2.45, 2.75) is 19.8 Å². The minimum absolute atomic E-state index is 0.351. The molecule has 0 saturated heterocycles. The van der Waals surface area contributed by atoms with Crippen molar-refractivity contribution in [3.63, 3.8) is 0 Å². The number of hydrogen-bond donors (Lipinski definition) is 1. The van der Waals surface area contributed by atoms with E-state index in [0.29, 0.717) is 23.6 Å². The summed E-state index contributed by atoms with van der Waals surface area (Å²) in [5.74, 6) is 0.514. The highest BCUT2D eigenvalue weighted by Gasteiger charge is 2.05. The van der Waals surface area contributed by atoms with E-state index in [1.807, 2.05) is 18.2 Å². The summed E-state index contributed by atoms with van der Waals surface area (Å²) in [6.45, 7) is 5.52. The van der Waals surface area contributed by atoms with Gasteiger partial charge in [0.1, 0.15) is 5.82 Å². The zero-order chi connectivity index (χ0) is 13.8. The van der Waals surface area contributed by atoms with Crippen LogP contribution in [0.1, 0.15) is 19.2 Å². The molecule has 100 valence electrons. The monoisotopic (exact) mass is 278 g/mol. The van der Waals surface area contributed by atoms with E-state index in [4.69, 9.17) is 16.3 Å². The minimum atomic E-state index is -0.351. The Hall–Kier alpha value is -1.81. The molecule has 2 aromatic rings. The number of aryl methyl sites for hydroxylation is 1. The standard InChI is InChI=1S/C14H15ClN2O2/c1-9(2)14(18)19-7-3-4-13-16-11-6-5-10(15)8-12(11)17-13/h5-6,8H,1,3-4,7H2,2H3,(H,16,17). The van der Waals surface area contributed by atoms with E-state index in [9.17, 15) is 4.79 Å². The minimum Gasteiger partial charge on any atom is -0.462 e. The predicted molar refractivity (Wildman–Crippen MR) is 75.2 cm³/mol. The maximum Gasteiger partial charge on any atom is 0.333 e. The highest BCUT2D eigenvalue weighted by molar-refractivity contribution is 6.31. The molecule has 0 unspecified atom stereocenters. The lowest BCUT2D eigenvalue weighted by Crippen LogP contribution is -2.07. The van der Waals surface area contributed by atoms with Crippen LogP contribution in [0, 0.1) is 0 Å². The molecule has 0 radical (unpaired) electrons. The average molecular weight is 279 g/mol. The first-order valence-electron chi connectivity index (χ1n) is 6.03. The van der Waals surface area contributed by atoms with E-state index in [1.165, 1.54) is 0 Å². The number of halogens is 1. The van der Waals surface area contributed by atoms with Crippen molar-refractivity contribution < 1.29 is 9.53 Å². The van der Waals surface area contributed by atoms with Crippen LogP contribution in [0.3, 0.4) is 0 Å². The van der Waals surface area contributed by atoms with Crippen molar-refractivity contribution in [2.24, 2.45) is 0 Å². The van der Waals surface area contributed by atoms with Gasteiger partial charge < -0.3 is 9.72 Å². The van der Waals surface area contributed by atoms with Crippen LogP contribution in [0.4, 0.5) is 0 Å². The average Bonchev–Trinajstić information content (AvgIpc) is 2.75. The number of hydrogen-bond acceptors (Lipinski definition) is 3. The molecule has 0 aliphatic rings. The molecule has 0 fully saturated rings. The Labute approximate surface area is 116 Å². The van der Waals surface area contributed by atoms with Crippen molar-refractivity contribution in [2.75, 3.05) is 6.61 Å². The first kappa shape index (κ1) is 13.6. The number of nitrogens with one attached hydrogen (secondary N) is 1. The maximum absolute atomic E-state index is 11.2. The van der Waals surface area contributed by atoms with Crippen molar-refractivity contribution in [1.82, 2.24) is 9.97 Å². The number of ether oxygens (including phenoxy) is 1. The highest BCUT2D eigenvalue weighted by atomic mass is 35.5. The molecule has 0 saturated carbocycles. The molecule has 19 heavy (non-hydrogen) atoms. The third-order valence-electron chi connectivity index (χ3n) is 2.63. The van der Waals surface area contributed by atoms with Crippen LogP contribution >= 0.6 is 11.6 Å². The molecule has 0 bridgehead atoms. The summed E-state index contributed by atoms with van der Waals surface area (Å²) in [6.07, 6.45) is 1.43. The normalized spacial score (nSPS) is 10.6. The first-order chi connectivity index (χ1) is 9.06. The van der Waals surface area contributed by atoms with Gasteiger partial charge in [0.25, 0.3) is 0 Å². The molecule has 0 amide bonds. The van der Waals surface area contributed by atoms with Gasteiger partial charge in [-0.2, -0.15) is 0 Å². The molecular formula is C14H15ClN2O2. The molecule has 0 aliphatic heterocycles. The number of carbonyl (C=O) groups excluding carboxylic acids is 1. The van der Waals surface area contributed by atoms with E-state index in [1.54, 1.807) is 6.92 Å². The third-order valence-corrected chi connectivity index (χ3v) is 2.87. The number of nitrogens with zero attached hydrogens (tertiary/aromatic N) is 1. The van der Waals surface area contributed by atoms with E-state index in [-0.39, 0.29) is 5.97 Å². The Morgan fingerprint density at radius 2 is 2.32 bits per heavy atom. The Kier molecular flexibility index (Phi) is 4.22. The van der Waals surface area contributed by atoms with Gasteiger partial charge in [0.15, 0.2) is 0 Å². The topological polar surface area (TPSA) is 55.0 Å². The molecule has 4 nitrogen and oxygen atoms in total. The van der Waals surface area contributed by atoms with Crippen LogP contribution < -0.4 is 0 Å². The number of carbonyl (C=O) groups is 1.